The summed E-state index contributed by atoms with van der Waals surface area (Å²) in [7, 11) is -2.33. The highest BCUT2D eigenvalue weighted by atomic mass is 35.5. The largest absolute Gasteiger partial charge is 0.322 e. The molecule has 29 heavy (non-hydrogen) atoms. The number of carbonyl (C=O) groups excluding carboxylic acids is 1. The normalized spacial score (nSPS) is 11.2. The van der Waals surface area contributed by atoms with Gasteiger partial charge in [-0.25, -0.2) is 8.42 Å². The quantitative estimate of drug-likeness (QED) is 0.619. The number of sulfonamides is 1. The summed E-state index contributed by atoms with van der Waals surface area (Å²) in [6, 6.07) is 18.4. The molecule has 3 aromatic carbocycles. The molecular weight excluding hydrogens is 408 g/mol. The fourth-order valence-corrected chi connectivity index (χ4v) is 4.21. The van der Waals surface area contributed by atoms with Gasteiger partial charge in [0, 0.05) is 23.3 Å². The Morgan fingerprint density at radius 1 is 0.966 bits per heavy atom. The van der Waals surface area contributed by atoms with E-state index >= 15 is 0 Å². The summed E-state index contributed by atoms with van der Waals surface area (Å²) in [5.41, 5.74) is 3.18. The minimum Gasteiger partial charge on any atom is -0.322 e. The van der Waals surface area contributed by atoms with E-state index in [1.54, 1.807) is 48.5 Å². The van der Waals surface area contributed by atoms with Gasteiger partial charge < -0.3 is 5.32 Å². The fraction of sp³-hybridized carbons (Fsp3) is 0.136. The van der Waals surface area contributed by atoms with Gasteiger partial charge in [0.2, 0.25) is 0 Å². The molecule has 0 fully saturated rings. The molecule has 0 atom stereocenters. The van der Waals surface area contributed by atoms with Crippen LogP contribution in [0.2, 0.25) is 5.02 Å². The van der Waals surface area contributed by atoms with E-state index in [4.69, 9.17) is 11.6 Å². The maximum Gasteiger partial charge on any atom is 0.264 e. The number of halogens is 1. The summed E-state index contributed by atoms with van der Waals surface area (Å²) in [6.07, 6.45) is 0. The Bertz CT molecular complexity index is 1180. The number of anilines is 2. The number of hydrogen-bond acceptors (Lipinski definition) is 3. The van der Waals surface area contributed by atoms with Crippen molar-refractivity contribution < 1.29 is 13.2 Å². The molecule has 0 saturated heterocycles. The minimum atomic E-state index is -3.82. The number of aryl methyl sites for hydroxylation is 2. The molecule has 3 rings (SSSR count). The molecule has 0 heterocycles. The molecule has 0 radical (unpaired) electrons. The lowest BCUT2D eigenvalue weighted by atomic mass is 10.2. The molecule has 5 nitrogen and oxygen atoms in total. The second-order valence-corrected chi connectivity index (χ2v) is 9.13. The van der Waals surface area contributed by atoms with Gasteiger partial charge in [-0.2, -0.15) is 0 Å². The number of hydrogen-bond donors (Lipinski definition) is 1. The highest BCUT2D eigenvalue weighted by Gasteiger charge is 2.22. The average Bonchev–Trinajstić information content (AvgIpc) is 2.70. The number of nitrogens with zero attached hydrogens (tertiary/aromatic N) is 1. The molecule has 0 spiro atoms. The summed E-state index contributed by atoms with van der Waals surface area (Å²) in [4.78, 5) is 12.6. The van der Waals surface area contributed by atoms with Crippen LogP contribution in [-0.4, -0.2) is 21.4 Å². The van der Waals surface area contributed by atoms with Crippen LogP contribution in [0.1, 0.15) is 21.5 Å². The first-order valence-electron chi connectivity index (χ1n) is 8.91. The zero-order valence-corrected chi connectivity index (χ0v) is 17.9. The van der Waals surface area contributed by atoms with Crippen molar-refractivity contribution in [3.63, 3.8) is 0 Å². The lowest BCUT2D eigenvalue weighted by molar-refractivity contribution is 0.102. The van der Waals surface area contributed by atoms with Gasteiger partial charge >= 0.3 is 0 Å². The van der Waals surface area contributed by atoms with Crippen LogP contribution in [0.4, 0.5) is 11.4 Å². The molecule has 0 saturated carbocycles. The number of carbonyl (C=O) groups is 1. The molecule has 7 heteroatoms. The van der Waals surface area contributed by atoms with Crippen molar-refractivity contribution in [1.29, 1.82) is 0 Å². The smallest absolute Gasteiger partial charge is 0.264 e. The summed E-state index contributed by atoms with van der Waals surface area (Å²) in [5, 5.41) is 3.28. The van der Waals surface area contributed by atoms with Gasteiger partial charge in [-0.3, -0.25) is 9.10 Å². The zero-order chi connectivity index (χ0) is 21.2. The van der Waals surface area contributed by atoms with Gasteiger partial charge in [-0.1, -0.05) is 35.9 Å². The van der Waals surface area contributed by atoms with Gasteiger partial charge in [0.15, 0.2) is 0 Å². The van der Waals surface area contributed by atoms with Gasteiger partial charge in [0.1, 0.15) is 0 Å². The lowest BCUT2D eigenvalue weighted by Crippen LogP contribution is -2.27. The standard InChI is InChI=1S/C22H21ClN2O3S/c1-15-6-4-8-19(12-15)25(3)29(27,28)20-9-5-7-17(13-20)22(26)24-18-11-10-16(2)21(23)14-18/h4-14H,1-3H3,(H,24,26). The van der Waals surface area contributed by atoms with Gasteiger partial charge in [0.25, 0.3) is 15.9 Å². The van der Waals surface area contributed by atoms with E-state index < -0.39 is 15.9 Å². The number of amides is 1. The van der Waals surface area contributed by atoms with Crippen LogP contribution < -0.4 is 9.62 Å². The maximum absolute atomic E-state index is 13.0. The molecule has 150 valence electrons. The van der Waals surface area contributed by atoms with Gasteiger partial charge in [0.05, 0.1) is 10.6 Å². The van der Waals surface area contributed by atoms with Crippen LogP contribution in [0.3, 0.4) is 0 Å². The number of rotatable bonds is 5. The fourth-order valence-electron chi connectivity index (χ4n) is 2.79. The van der Waals surface area contributed by atoms with Crippen LogP contribution in [0.15, 0.2) is 71.6 Å². The minimum absolute atomic E-state index is 0.0381. The lowest BCUT2D eigenvalue weighted by Gasteiger charge is -2.20. The van der Waals surface area contributed by atoms with Crippen molar-refractivity contribution in [3.05, 3.63) is 88.4 Å². The molecule has 1 N–H and O–H groups in total. The van der Waals surface area contributed by atoms with Crippen molar-refractivity contribution >= 4 is 38.9 Å². The molecule has 0 aliphatic carbocycles. The molecular formula is C22H21ClN2O3S. The van der Waals surface area contributed by atoms with E-state index in [0.717, 1.165) is 11.1 Å². The Kier molecular flexibility index (Phi) is 5.96. The SMILES string of the molecule is Cc1cccc(N(C)S(=O)(=O)c2cccc(C(=O)Nc3ccc(C)c(Cl)c3)c2)c1. The van der Waals surface area contributed by atoms with E-state index in [1.165, 1.54) is 23.5 Å². The van der Waals surface area contributed by atoms with Crippen molar-refractivity contribution in [2.45, 2.75) is 18.7 Å². The predicted molar refractivity (Wildman–Crippen MR) is 117 cm³/mol. The van der Waals surface area contributed by atoms with Gasteiger partial charge in [-0.15, -0.1) is 0 Å². The summed E-state index contributed by atoms with van der Waals surface area (Å²) >= 11 is 6.10. The molecule has 1 amide bonds. The summed E-state index contributed by atoms with van der Waals surface area (Å²) in [5.74, 6) is -0.417. The maximum atomic E-state index is 13.0. The monoisotopic (exact) mass is 428 g/mol. The zero-order valence-electron chi connectivity index (χ0n) is 16.3. The van der Waals surface area contributed by atoms with Crippen molar-refractivity contribution in [2.24, 2.45) is 0 Å². The third-order valence-corrected chi connectivity index (χ3v) is 6.74. The van der Waals surface area contributed by atoms with E-state index in [9.17, 15) is 13.2 Å². The molecule has 0 bridgehead atoms. The Morgan fingerprint density at radius 2 is 1.69 bits per heavy atom. The summed E-state index contributed by atoms with van der Waals surface area (Å²) < 4.78 is 27.3. The number of nitrogens with one attached hydrogen (secondary N) is 1. The summed E-state index contributed by atoms with van der Waals surface area (Å²) in [6.45, 7) is 3.76. The van der Waals surface area contributed by atoms with Crippen molar-refractivity contribution in [1.82, 2.24) is 0 Å². The first-order valence-corrected chi connectivity index (χ1v) is 10.7. The van der Waals surface area contributed by atoms with Crippen LogP contribution in [0.5, 0.6) is 0 Å². The third kappa shape index (κ3) is 4.60. The predicted octanol–water partition coefficient (Wildman–Crippen LogP) is 5.03. The first kappa shape index (κ1) is 20.9. The highest BCUT2D eigenvalue weighted by Crippen LogP contribution is 2.24. The van der Waals surface area contributed by atoms with Crippen LogP contribution in [-0.2, 0) is 10.0 Å². The molecule has 0 aliphatic heterocycles. The Balaban J connectivity index is 1.87. The van der Waals surface area contributed by atoms with E-state index in [0.29, 0.717) is 16.4 Å². The Morgan fingerprint density at radius 3 is 2.38 bits per heavy atom. The Labute approximate surface area is 176 Å². The van der Waals surface area contributed by atoms with Crippen molar-refractivity contribution in [2.75, 3.05) is 16.7 Å². The Hall–Kier alpha value is -2.83. The highest BCUT2D eigenvalue weighted by molar-refractivity contribution is 7.92. The molecule has 3 aromatic rings. The number of benzene rings is 3. The topological polar surface area (TPSA) is 66.5 Å². The molecule has 0 unspecified atom stereocenters. The molecule has 0 aromatic heterocycles. The third-order valence-electron chi connectivity index (χ3n) is 4.55. The first-order chi connectivity index (χ1) is 13.7. The van der Waals surface area contributed by atoms with E-state index in [-0.39, 0.29) is 10.5 Å². The van der Waals surface area contributed by atoms with Crippen LogP contribution >= 0.6 is 11.6 Å². The van der Waals surface area contributed by atoms with Gasteiger partial charge in [-0.05, 0) is 67.4 Å². The van der Waals surface area contributed by atoms with E-state index in [1.807, 2.05) is 19.9 Å². The molecule has 0 aliphatic rings. The second-order valence-electron chi connectivity index (χ2n) is 6.76. The van der Waals surface area contributed by atoms with E-state index in [2.05, 4.69) is 5.32 Å². The average molecular weight is 429 g/mol. The second kappa shape index (κ2) is 8.27. The van der Waals surface area contributed by atoms with Crippen LogP contribution in [0.25, 0.3) is 0 Å². The van der Waals surface area contributed by atoms with Crippen molar-refractivity contribution in [3.8, 4) is 0 Å². The van der Waals surface area contributed by atoms with Crippen LogP contribution in [0, 0.1) is 13.8 Å².